The van der Waals surface area contributed by atoms with Gasteiger partial charge in [-0.3, -0.25) is 0 Å². The van der Waals surface area contributed by atoms with Crippen molar-refractivity contribution < 1.29 is 14.2 Å². The highest BCUT2D eigenvalue weighted by molar-refractivity contribution is 5.48. The molecule has 4 nitrogen and oxygen atoms in total. The van der Waals surface area contributed by atoms with E-state index in [0.717, 1.165) is 24.6 Å². The van der Waals surface area contributed by atoms with Crippen LogP contribution in [0.15, 0.2) is 18.2 Å². The Morgan fingerprint density at radius 1 is 1.32 bits per heavy atom. The van der Waals surface area contributed by atoms with Crippen molar-refractivity contribution in [1.82, 2.24) is 5.32 Å². The van der Waals surface area contributed by atoms with Gasteiger partial charge in [-0.2, -0.15) is 0 Å². The second-order valence-electron chi connectivity index (χ2n) is 5.20. The zero-order valence-electron chi connectivity index (χ0n) is 11.4. The van der Waals surface area contributed by atoms with Gasteiger partial charge in [0.15, 0.2) is 11.5 Å². The van der Waals surface area contributed by atoms with Gasteiger partial charge in [-0.25, -0.2) is 0 Å². The van der Waals surface area contributed by atoms with Crippen molar-refractivity contribution in [1.29, 1.82) is 0 Å². The van der Waals surface area contributed by atoms with Gasteiger partial charge in [-0.15, -0.1) is 0 Å². The molecule has 4 heteroatoms. The zero-order chi connectivity index (χ0) is 13.1. The standard InChI is InChI=1S/C15H21NO3/c1-17-14-6-2-5-13(11-4-3-7-16-8-11)15(14)19-12-9-18-10-12/h2,5-6,11-12,16H,3-4,7-10H2,1H3. The van der Waals surface area contributed by atoms with E-state index >= 15 is 0 Å². The van der Waals surface area contributed by atoms with Crippen molar-refractivity contribution in [2.45, 2.75) is 24.9 Å². The minimum Gasteiger partial charge on any atom is -0.493 e. The van der Waals surface area contributed by atoms with Crippen molar-refractivity contribution in [2.24, 2.45) is 0 Å². The zero-order valence-corrected chi connectivity index (χ0v) is 11.4. The SMILES string of the molecule is COc1cccc(C2CCCNC2)c1OC1COC1. The molecular weight excluding hydrogens is 242 g/mol. The Kier molecular flexibility index (Phi) is 3.89. The van der Waals surface area contributed by atoms with Crippen LogP contribution in [-0.2, 0) is 4.74 Å². The largest absolute Gasteiger partial charge is 0.493 e. The van der Waals surface area contributed by atoms with Gasteiger partial charge in [0.1, 0.15) is 6.10 Å². The summed E-state index contributed by atoms with van der Waals surface area (Å²) in [7, 11) is 1.70. The number of benzene rings is 1. The third-order valence-corrected chi connectivity index (χ3v) is 3.86. The van der Waals surface area contributed by atoms with Crippen LogP contribution in [0.3, 0.4) is 0 Å². The topological polar surface area (TPSA) is 39.7 Å². The number of piperidine rings is 1. The molecule has 2 heterocycles. The molecule has 2 fully saturated rings. The van der Waals surface area contributed by atoms with Gasteiger partial charge >= 0.3 is 0 Å². The van der Waals surface area contributed by atoms with Crippen LogP contribution in [0, 0.1) is 0 Å². The number of rotatable bonds is 4. The fraction of sp³-hybridized carbons (Fsp3) is 0.600. The molecule has 1 atom stereocenters. The number of ether oxygens (including phenoxy) is 3. The highest BCUT2D eigenvalue weighted by Gasteiger charge is 2.26. The number of para-hydroxylation sites is 1. The van der Waals surface area contributed by atoms with Crippen molar-refractivity contribution in [3.8, 4) is 11.5 Å². The molecule has 19 heavy (non-hydrogen) atoms. The van der Waals surface area contributed by atoms with E-state index in [4.69, 9.17) is 14.2 Å². The average molecular weight is 263 g/mol. The summed E-state index contributed by atoms with van der Waals surface area (Å²) in [5.74, 6) is 2.25. The molecular formula is C15H21NO3. The predicted molar refractivity (Wildman–Crippen MR) is 73.1 cm³/mol. The van der Waals surface area contributed by atoms with Crippen molar-refractivity contribution in [2.75, 3.05) is 33.4 Å². The molecule has 0 amide bonds. The monoisotopic (exact) mass is 263 g/mol. The molecule has 3 rings (SSSR count). The van der Waals surface area contributed by atoms with E-state index in [9.17, 15) is 0 Å². The van der Waals surface area contributed by atoms with E-state index in [1.165, 1.54) is 18.4 Å². The van der Waals surface area contributed by atoms with E-state index in [1.807, 2.05) is 12.1 Å². The van der Waals surface area contributed by atoms with Crippen molar-refractivity contribution in [3.05, 3.63) is 23.8 Å². The van der Waals surface area contributed by atoms with Crippen LogP contribution < -0.4 is 14.8 Å². The summed E-state index contributed by atoms with van der Waals surface area (Å²) in [5, 5.41) is 3.46. The summed E-state index contributed by atoms with van der Waals surface area (Å²) < 4.78 is 16.7. The van der Waals surface area contributed by atoms with Crippen molar-refractivity contribution >= 4 is 0 Å². The molecule has 1 aromatic rings. The number of nitrogens with one attached hydrogen (secondary N) is 1. The Bertz CT molecular complexity index is 425. The molecule has 1 N–H and O–H groups in total. The van der Waals surface area contributed by atoms with Crippen LogP contribution in [-0.4, -0.2) is 39.5 Å². The van der Waals surface area contributed by atoms with Crippen LogP contribution in [0.25, 0.3) is 0 Å². The van der Waals surface area contributed by atoms with E-state index < -0.39 is 0 Å². The van der Waals surface area contributed by atoms with Gasteiger partial charge in [0, 0.05) is 18.0 Å². The van der Waals surface area contributed by atoms with Crippen LogP contribution in [0.4, 0.5) is 0 Å². The fourth-order valence-electron chi connectivity index (χ4n) is 2.71. The van der Waals surface area contributed by atoms with Crippen LogP contribution in [0.5, 0.6) is 11.5 Å². The first kappa shape index (κ1) is 12.8. The molecule has 0 radical (unpaired) electrons. The Morgan fingerprint density at radius 2 is 2.21 bits per heavy atom. The minimum absolute atomic E-state index is 0.173. The Balaban J connectivity index is 1.87. The van der Waals surface area contributed by atoms with Gasteiger partial charge in [-0.05, 0) is 25.5 Å². The summed E-state index contributed by atoms with van der Waals surface area (Å²) >= 11 is 0. The Hall–Kier alpha value is -1.26. The summed E-state index contributed by atoms with van der Waals surface area (Å²) in [6.45, 7) is 3.50. The summed E-state index contributed by atoms with van der Waals surface area (Å²) in [5.41, 5.74) is 1.26. The highest BCUT2D eigenvalue weighted by Crippen LogP contribution is 2.39. The molecule has 0 saturated carbocycles. The predicted octanol–water partition coefficient (Wildman–Crippen LogP) is 1.94. The van der Waals surface area contributed by atoms with Gasteiger partial charge in [0.05, 0.1) is 20.3 Å². The number of hydrogen-bond donors (Lipinski definition) is 1. The molecule has 2 aliphatic heterocycles. The van der Waals surface area contributed by atoms with Gasteiger partial charge in [0.25, 0.3) is 0 Å². The maximum absolute atomic E-state index is 6.08. The van der Waals surface area contributed by atoms with Gasteiger partial charge in [0.2, 0.25) is 0 Å². The van der Waals surface area contributed by atoms with E-state index in [2.05, 4.69) is 11.4 Å². The minimum atomic E-state index is 0.173. The molecule has 1 unspecified atom stereocenters. The molecule has 0 spiro atoms. The lowest BCUT2D eigenvalue weighted by atomic mass is 9.90. The first-order valence-electron chi connectivity index (χ1n) is 7.00. The lowest BCUT2D eigenvalue weighted by Crippen LogP contribution is -2.39. The maximum Gasteiger partial charge on any atom is 0.165 e. The molecule has 1 aromatic carbocycles. The first-order valence-corrected chi connectivity index (χ1v) is 7.00. The second-order valence-corrected chi connectivity index (χ2v) is 5.20. The average Bonchev–Trinajstić information content (AvgIpc) is 2.43. The van der Waals surface area contributed by atoms with E-state index in [0.29, 0.717) is 19.1 Å². The van der Waals surface area contributed by atoms with Gasteiger partial charge in [-0.1, -0.05) is 12.1 Å². The summed E-state index contributed by atoms with van der Waals surface area (Å²) in [6, 6.07) is 6.18. The summed E-state index contributed by atoms with van der Waals surface area (Å²) in [6.07, 6.45) is 2.59. The lowest BCUT2D eigenvalue weighted by molar-refractivity contribution is -0.0807. The highest BCUT2D eigenvalue weighted by atomic mass is 16.6. The molecule has 2 aliphatic rings. The Labute approximate surface area is 114 Å². The molecule has 0 bridgehead atoms. The third-order valence-electron chi connectivity index (χ3n) is 3.86. The van der Waals surface area contributed by atoms with Crippen LogP contribution in [0.2, 0.25) is 0 Å². The third kappa shape index (κ3) is 2.69. The fourth-order valence-corrected chi connectivity index (χ4v) is 2.71. The molecule has 0 aromatic heterocycles. The lowest BCUT2D eigenvalue weighted by Gasteiger charge is -2.31. The van der Waals surface area contributed by atoms with Crippen molar-refractivity contribution in [3.63, 3.8) is 0 Å². The van der Waals surface area contributed by atoms with Crippen LogP contribution in [0.1, 0.15) is 24.3 Å². The molecule has 0 aliphatic carbocycles. The Morgan fingerprint density at radius 3 is 2.84 bits per heavy atom. The van der Waals surface area contributed by atoms with E-state index in [-0.39, 0.29) is 6.10 Å². The normalized spacial score (nSPS) is 23.7. The van der Waals surface area contributed by atoms with Crippen LogP contribution >= 0.6 is 0 Å². The first-order chi connectivity index (χ1) is 9.38. The van der Waals surface area contributed by atoms with Gasteiger partial charge < -0.3 is 19.5 Å². The quantitative estimate of drug-likeness (QED) is 0.901. The van der Waals surface area contributed by atoms with E-state index in [1.54, 1.807) is 7.11 Å². The second kappa shape index (κ2) is 5.80. The molecule has 2 saturated heterocycles. The summed E-state index contributed by atoms with van der Waals surface area (Å²) in [4.78, 5) is 0. The maximum atomic E-state index is 6.08. The number of hydrogen-bond acceptors (Lipinski definition) is 4. The molecule has 104 valence electrons. The smallest absolute Gasteiger partial charge is 0.165 e. The number of methoxy groups -OCH3 is 1.